The summed E-state index contributed by atoms with van der Waals surface area (Å²) in [6, 6.07) is 10.3. The number of hydrogen-bond donors (Lipinski definition) is 2. The fourth-order valence-corrected chi connectivity index (χ4v) is 4.55. The van der Waals surface area contributed by atoms with Gasteiger partial charge in [-0.2, -0.15) is 0 Å². The van der Waals surface area contributed by atoms with Crippen LogP contribution < -0.4 is 5.32 Å². The Morgan fingerprint density at radius 2 is 2.00 bits per heavy atom. The number of carbonyl (C=O) groups is 2. The van der Waals surface area contributed by atoms with E-state index in [1.54, 1.807) is 13.1 Å². The molecule has 2 aromatic rings. The van der Waals surface area contributed by atoms with Crippen LogP contribution in [0.15, 0.2) is 36.5 Å². The van der Waals surface area contributed by atoms with Crippen molar-refractivity contribution in [3.8, 4) is 0 Å². The number of β-amino-alcohol motifs (C(OH)–C–C–N with tert-alkyl or cyclic N) is 1. The summed E-state index contributed by atoms with van der Waals surface area (Å²) in [5, 5.41) is 13.4. The number of nitrogens with zero attached hydrogens (tertiary/aromatic N) is 3. The first-order valence-electron chi connectivity index (χ1n) is 11.4. The van der Waals surface area contributed by atoms with Crippen LogP contribution in [-0.2, 0) is 24.2 Å². The van der Waals surface area contributed by atoms with Crippen molar-refractivity contribution in [3.05, 3.63) is 64.5 Å². The Hall–Kier alpha value is -2.77. The molecule has 0 saturated carbocycles. The number of aliphatic hydroxyl groups excluding tert-OH is 1. The van der Waals surface area contributed by atoms with Crippen molar-refractivity contribution in [2.75, 3.05) is 32.7 Å². The summed E-state index contributed by atoms with van der Waals surface area (Å²) >= 11 is 0. The van der Waals surface area contributed by atoms with Crippen LogP contribution in [0.5, 0.6) is 0 Å². The maximum Gasteiger partial charge on any atom is 0.251 e. The van der Waals surface area contributed by atoms with Crippen molar-refractivity contribution in [2.45, 2.75) is 39.3 Å². The van der Waals surface area contributed by atoms with Crippen molar-refractivity contribution >= 4 is 11.8 Å². The van der Waals surface area contributed by atoms with Crippen LogP contribution >= 0.6 is 0 Å². The third kappa shape index (κ3) is 5.34. The first-order chi connectivity index (χ1) is 15.4. The van der Waals surface area contributed by atoms with Crippen LogP contribution in [0.1, 0.15) is 39.7 Å². The molecule has 170 valence electrons. The molecular formula is C25H32N4O3. The van der Waals surface area contributed by atoms with Crippen molar-refractivity contribution in [3.63, 3.8) is 0 Å². The molecule has 7 nitrogen and oxygen atoms in total. The van der Waals surface area contributed by atoms with Gasteiger partial charge in [-0.3, -0.25) is 19.5 Å². The summed E-state index contributed by atoms with van der Waals surface area (Å²) in [4.78, 5) is 32.6. The molecule has 1 aromatic carbocycles. The van der Waals surface area contributed by atoms with E-state index in [-0.39, 0.29) is 18.4 Å². The quantitative estimate of drug-likeness (QED) is 0.688. The monoisotopic (exact) mass is 436 g/mol. The van der Waals surface area contributed by atoms with E-state index in [0.29, 0.717) is 18.0 Å². The van der Waals surface area contributed by atoms with E-state index in [9.17, 15) is 14.7 Å². The smallest absolute Gasteiger partial charge is 0.251 e. The third-order valence-corrected chi connectivity index (χ3v) is 6.48. The van der Waals surface area contributed by atoms with Gasteiger partial charge in [-0.1, -0.05) is 24.3 Å². The second kappa shape index (κ2) is 9.79. The number of pyridine rings is 1. The fourth-order valence-electron chi connectivity index (χ4n) is 4.55. The highest BCUT2D eigenvalue weighted by atomic mass is 16.3. The van der Waals surface area contributed by atoms with Gasteiger partial charge in [0.25, 0.3) is 5.91 Å². The number of benzene rings is 1. The van der Waals surface area contributed by atoms with E-state index in [0.717, 1.165) is 50.3 Å². The maximum absolute atomic E-state index is 12.8. The van der Waals surface area contributed by atoms with Gasteiger partial charge in [0, 0.05) is 63.6 Å². The SMILES string of the molecule is CC(=O)N1CC(Cc2cc(C(=O)NC[C@H](O)CN3CCc4ccccc4C3)c(C)cn2)C1. The highest BCUT2D eigenvalue weighted by molar-refractivity contribution is 5.95. The van der Waals surface area contributed by atoms with Crippen molar-refractivity contribution in [2.24, 2.45) is 5.92 Å². The van der Waals surface area contributed by atoms with Crippen LogP contribution in [-0.4, -0.2) is 70.5 Å². The average Bonchev–Trinajstić information content (AvgIpc) is 2.75. The Kier molecular flexibility index (Phi) is 6.86. The van der Waals surface area contributed by atoms with Gasteiger partial charge >= 0.3 is 0 Å². The zero-order valence-electron chi connectivity index (χ0n) is 18.9. The lowest BCUT2D eigenvalue weighted by Gasteiger charge is -2.38. The Labute approximate surface area is 189 Å². The van der Waals surface area contributed by atoms with Gasteiger partial charge in [0.05, 0.1) is 6.10 Å². The van der Waals surface area contributed by atoms with Crippen molar-refractivity contribution in [1.82, 2.24) is 20.1 Å². The first-order valence-corrected chi connectivity index (χ1v) is 11.4. The summed E-state index contributed by atoms with van der Waals surface area (Å²) in [7, 11) is 0. The molecule has 7 heteroatoms. The van der Waals surface area contributed by atoms with Gasteiger partial charge < -0.3 is 15.3 Å². The molecule has 32 heavy (non-hydrogen) atoms. The van der Waals surface area contributed by atoms with Crippen molar-refractivity contribution in [1.29, 1.82) is 0 Å². The first kappa shape index (κ1) is 22.4. The lowest BCUT2D eigenvalue weighted by atomic mass is 9.93. The standard InChI is InChI=1S/C25H32N4O3/c1-17-11-26-22(9-19-13-29(14-19)18(2)30)10-24(17)25(32)27-12-23(31)16-28-8-7-20-5-3-4-6-21(20)15-28/h3-6,10-11,19,23,31H,7-9,12-16H2,1-2H3,(H,27,32)/t23-/m0/s1. The number of nitrogens with one attached hydrogen (secondary N) is 1. The van der Waals surface area contributed by atoms with Crippen LogP contribution in [0.3, 0.4) is 0 Å². The molecule has 2 N–H and O–H groups in total. The summed E-state index contributed by atoms with van der Waals surface area (Å²) in [6.45, 7) is 7.44. The number of hydrogen-bond acceptors (Lipinski definition) is 5. The number of aromatic nitrogens is 1. The molecule has 1 aromatic heterocycles. The number of likely N-dealkylation sites (tertiary alicyclic amines) is 1. The summed E-state index contributed by atoms with van der Waals surface area (Å²) in [5.41, 5.74) is 4.96. The molecule has 0 radical (unpaired) electrons. The molecule has 2 amide bonds. The predicted octanol–water partition coefficient (Wildman–Crippen LogP) is 1.56. The lowest BCUT2D eigenvalue weighted by molar-refractivity contribution is -0.134. The molecule has 0 bridgehead atoms. The normalized spacial score (nSPS) is 17.4. The number of rotatable bonds is 7. The summed E-state index contributed by atoms with van der Waals surface area (Å²) in [6.07, 6.45) is 2.84. The van der Waals surface area contributed by atoms with E-state index < -0.39 is 6.10 Å². The predicted molar refractivity (Wildman–Crippen MR) is 122 cm³/mol. The van der Waals surface area contributed by atoms with Crippen molar-refractivity contribution < 1.29 is 14.7 Å². The molecule has 2 aliphatic rings. The van der Waals surface area contributed by atoms with Crippen LogP contribution in [0.2, 0.25) is 0 Å². The molecule has 4 rings (SSSR count). The minimum Gasteiger partial charge on any atom is -0.390 e. The van der Waals surface area contributed by atoms with Gasteiger partial charge in [-0.05, 0) is 48.4 Å². The Balaban J connectivity index is 1.27. The number of aryl methyl sites for hydroxylation is 1. The molecule has 0 aliphatic carbocycles. The van der Waals surface area contributed by atoms with Gasteiger partial charge in [0.1, 0.15) is 0 Å². The molecule has 0 unspecified atom stereocenters. The van der Waals surface area contributed by atoms with Gasteiger partial charge in [-0.25, -0.2) is 0 Å². The largest absolute Gasteiger partial charge is 0.390 e. The molecule has 2 aliphatic heterocycles. The summed E-state index contributed by atoms with van der Waals surface area (Å²) in [5.74, 6) is 0.306. The zero-order chi connectivity index (χ0) is 22.7. The lowest BCUT2D eigenvalue weighted by Crippen LogP contribution is -2.49. The van der Waals surface area contributed by atoms with Crippen LogP contribution in [0.25, 0.3) is 0 Å². The van der Waals surface area contributed by atoms with E-state index in [2.05, 4.69) is 39.5 Å². The van der Waals surface area contributed by atoms with E-state index in [1.165, 1.54) is 11.1 Å². The summed E-state index contributed by atoms with van der Waals surface area (Å²) < 4.78 is 0. The molecule has 1 fully saturated rings. The molecular weight excluding hydrogens is 404 g/mol. The Morgan fingerprint density at radius 3 is 2.75 bits per heavy atom. The molecule has 1 atom stereocenters. The molecule has 3 heterocycles. The Bertz CT molecular complexity index is 987. The number of amides is 2. The van der Waals surface area contributed by atoms with Crippen LogP contribution in [0, 0.1) is 12.8 Å². The second-order valence-electron chi connectivity index (χ2n) is 9.10. The second-order valence-corrected chi connectivity index (χ2v) is 9.10. The molecule has 1 saturated heterocycles. The highest BCUT2D eigenvalue weighted by Crippen LogP contribution is 2.21. The van der Waals surface area contributed by atoms with E-state index in [4.69, 9.17) is 0 Å². The fraction of sp³-hybridized carbons (Fsp3) is 0.480. The van der Waals surface area contributed by atoms with Gasteiger partial charge in [0.15, 0.2) is 0 Å². The maximum atomic E-state index is 12.8. The number of carbonyl (C=O) groups excluding carboxylic acids is 2. The zero-order valence-corrected chi connectivity index (χ0v) is 18.9. The van der Waals surface area contributed by atoms with Gasteiger partial charge in [0.2, 0.25) is 5.91 Å². The number of aliphatic hydroxyl groups is 1. The molecule has 0 spiro atoms. The topological polar surface area (TPSA) is 85.8 Å². The third-order valence-electron chi connectivity index (χ3n) is 6.48. The average molecular weight is 437 g/mol. The Morgan fingerprint density at radius 1 is 1.25 bits per heavy atom. The highest BCUT2D eigenvalue weighted by Gasteiger charge is 2.29. The van der Waals surface area contributed by atoms with E-state index >= 15 is 0 Å². The van der Waals surface area contributed by atoms with Gasteiger partial charge in [-0.15, -0.1) is 0 Å². The minimum atomic E-state index is -0.627. The van der Waals surface area contributed by atoms with E-state index in [1.807, 2.05) is 17.9 Å². The van der Waals surface area contributed by atoms with Crippen LogP contribution in [0.4, 0.5) is 0 Å². The minimum absolute atomic E-state index is 0.102. The number of fused-ring (bicyclic) bond motifs is 1.